The van der Waals surface area contributed by atoms with Crippen molar-refractivity contribution in [3.8, 4) is 0 Å². The van der Waals surface area contributed by atoms with Crippen LogP contribution < -0.4 is 5.73 Å². The Morgan fingerprint density at radius 1 is 1.44 bits per heavy atom. The lowest BCUT2D eigenvalue weighted by atomic mass is 9.96. The molecule has 1 aromatic carbocycles. The minimum atomic E-state index is -0.197. The van der Waals surface area contributed by atoms with Crippen LogP contribution in [0.25, 0.3) is 0 Å². The fourth-order valence-electron chi connectivity index (χ4n) is 2.58. The monoisotopic (exact) mass is 314 g/mol. The molecule has 1 aliphatic heterocycles. The molecule has 0 bridgehead atoms. The molecule has 2 nitrogen and oxygen atoms in total. The van der Waals surface area contributed by atoms with Crippen LogP contribution in [-0.2, 0) is 0 Å². The van der Waals surface area contributed by atoms with Crippen LogP contribution in [0.1, 0.15) is 31.4 Å². The number of nitrogens with two attached hydrogens (primary N) is 1. The molecule has 18 heavy (non-hydrogen) atoms. The Hall–Kier alpha value is -0.450. The van der Waals surface area contributed by atoms with Crippen molar-refractivity contribution in [2.24, 2.45) is 11.7 Å². The average Bonchev–Trinajstić information content (AvgIpc) is 2.37. The molecule has 1 aliphatic rings. The van der Waals surface area contributed by atoms with Gasteiger partial charge < -0.3 is 5.73 Å². The van der Waals surface area contributed by atoms with Crippen LogP contribution in [0.4, 0.5) is 4.39 Å². The highest BCUT2D eigenvalue weighted by Gasteiger charge is 2.25. The molecule has 4 heteroatoms. The molecule has 1 fully saturated rings. The third-order valence-electron chi connectivity index (χ3n) is 3.80. The number of hydrogen-bond acceptors (Lipinski definition) is 2. The van der Waals surface area contributed by atoms with E-state index in [4.69, 9.17) is 5.73 Å². The largest absolute Gasteiger partial charge is 0.329 e. The molecule has 0 amide bonds. The molecule has 1 heterocycles. The highest BCUT2D eigenvalue weighted by molar-refractivity contribution is 9.10. The van der Waals surface area contributed by atoms with E-state index >= 15 is 0 Å². The van der Waals surface area contributed by atoms with E-state index in [2.05, 4.69) is 27.8 Å². The van der Waals surface area contributed by atoms with Gasteiger partial charge in [-0.05, 0) is 55.6 Å². The molecule has 0 radical (unpaired) electrons. The summed E-state index contributed by atoms with van der Waals surface area (Å²) < 4.78 is 14.3. The van der Waals surface area contributed by atoms with E-state index in [9.17, 15) is 4.39 Å². The van der Waals surface area contributed by atoms with E-state index < -0.39 is 0 Å². The summed E-state index contributed by atoms with van der Waals surface area (Å²) in [5.74, 6) is 0.590. The maximum atomic E-state index is 13.4. The molecule has 1 aromatic rings. The molecule has 0 spiro atoms. The Kier molecular flexibility index (Phi) is 4.76. The molecule has 1 unspecified atom stereocenters. The van der Waals surface area contributed by atoms with Gasteiger partial charge in [-0.2, -0.15) is 0 Å². The zero-order valence-electron chi connectivity index (χ0n) is 10.7. The predicted molar refractivity (Wildman–Crippen MR) is 75.9 cm³/mol. The molecule has 0 saturated carbocycles. The van der Waals surface area contributed by atoms with Gasteiger partial charge in [-0.1, -0.05) is 22.9 Å². The standard InChI is InChI=1S/C14H20BrFN2/c1-10-4-6-18(7-5-10)14(9-17)12-8-11(16)2-3-13(12)15/h2-3,8,10,14H,4-7,9,17H2,1H3. The summed E-state index contributed by atoms with van der Waals surface area (Å²) in [6.07, 6.45) is 2.40. The Morgan fingerprint density at radius 2 is 2.11 bits per heavy atom. The number of benzene rings is 1. The summed E-state index contributed by atoms with van der Waals surface area (Å²) in [7, 11) is 0. The van der Waals surface area contributed by atoms with Gasteiger partial charge in [0.05, 0.1) is 0 Å². The van der Waals surface area contributed by atoms with Crippen molar-refractivity contribution in [3.63, 3.8) is 0 Å². The fourth-order valence-corrected chi connectivity index (χ4v) is 3.09. The van der Waals surface area contributed by atoms with Crippen LogP contribution >= 0.6 is 15.9 Å². The van der Waals surface area contributed by atoms with Crippen LogP contribution in [0.2, 0.25) is 0 Å². The number of nitrogens with zero attached hydrogens (tertiary/aromatic N) is 1. The zero-order chi connectivity index (χ0) is 13.1. The van der Waals surface area contributed by atoms with E-state index in [0.717, 1.165) is 29.0 Å². The highest BCUT2D eigenvalue weighted by atomic mass is 79.9. The summed E-state index contributed by atoms with van der Waals surface area (Å²) in [5.41, 5.74) is 6.87. The summed E-state index contributed by atoms with van der Waals surface area (Å²) >= 11 is 3.50. The number of rotatable bonds is 3. The van der Waals surface area contributed by atoms with Crippen LogP contribution in [0.5, 0.6) is 0 Å². The first-order valence-electron chi connectivity index (χ1n) is 6.51. The first-order chi connectivity index (χ1) is 8.61. The van der Waals surface area contributed by atoms with Crippen molar-refractivity contribution < 1.29 is 4.39 Å². The van der Waals surface area contributed by atoms with Gasteiger partial charge in [0.15, 0.2) is 0 Å². The van der Waals surface area contributed by atoms with Gasteiger partial charge in [0.25, 0.3) is 0 Å². The van der Waals surface area contributed by atoms with Crippen molar-refractivity contribution in [3.05, 3.63) is 34.1 Å². The van der Waals surface area contributed by atoms with E-state index in [-0.39, 0.29) is 11.9 Å². The maximum absolute atomic E-state index is 13.4. The number of hydrogen-bond donors (Lipinski definition) is 1. The molecule has 1 atom stereocenters. The molecule has 2 N–H and O–H groups in total. The van der Waals surface area contributed by atoms with Crippen molar-refractivity contribution in [1.82, 2.24) is 4.90 Å². The van der Waals surface area contributed by atoms with Crippen LogP contribution in [0.15, 0.2) is 22.7 Å². The van der Waals surface area contributed by atoms with Gasteiger partial charge in [-0.25, -0.2) is 4.39 Å². The lowest BCUT2D eigenvalue weighted by molar-refractivity contribution is 0.140. The summed E-state index contributed by atoms with van der Waals surface area (Å²) in [5, 5.41) is 0. The Bertz CT molecular complexity index is 403. The van der Waals surface area contributed by atoms with Crippen molar-refractivity contribution in [2.75, 3.05) is 19.6 Å². The van der Waals surface area contributed by atoms with Crippen LogP contribution in [-0.4, -0.2) is 24.5 Å². The van der Waals surface area contributed by atoms with Crippen molar-refractivity contribution >= 4 is 15.9 Å². The van der Waals surface area contributed by atoms with Gasteiger partial charge in [0.2, 0.25) is 0 Å². The quantitative estimate of drug-likeness (QED) is 0.927. The highest BCUT2D eigenvalue weighted by Crippen LogP contribution is 2.31. The Balaban J connectivity index is 2.19. The third-order valence-corrected chi connectivity index (χ3v) is 4.52. The van der Waals surface area contributed by atoms with E-state index in [1.165, 1.54) is 18.9 Å². The lowest BCUT2D eigenvalue weighted by Gasteiger charge is -2.36. The van der Waals surface area contributed by atoms with Crippen molar-refractivity contribution in [1.29, 1.82) is 0 Å². The number of halogens is 2. The number of likely N-dealkylation sites (tertiary alicyclic amines) is 1. The third kappa shape index (κ3) is 3.11. The average molecular weight is 315 g/mol. The van der Waals surface area contributed by atoms with Crippen LogP contribution in [0, 0.1) is 11.7 Å². The lowest BCUT2D eigenvalue weighted by Crippen LogP contribution is -2.39. The van der Waals surface area contributed by atoms with Gasteiger partial charge in [-0.3, -0.25) is 4.90 Å². The smallest absolute Gasteiger partial charge is 0.123 e. The summed E-state index contributed by atoms with van der Waals surface area (Å²) in [4.78, 5) is 2.37. The molecular formula is C14H20BrFN2. The minimum absolute atomic E-state index is 0.113. The molecular weight excluding hydrogens is 295 g/mol. The predicted octanol–water partition coefficient (Wildman–Crippen LogP) is 3.32. The Labute approximate surface area is 116 Å². The molecule has 2 rings (SSSR count). The number of piperidine rings is 1. The first kappa shape index (κ1) is 14.0. The molecule has 100 valence electrons. The minimum Gasteiger partial charge on any atom is -0.329 e. The Morgan fingerprint density at radius 3 is 2.72 bits per heavy atom. The summed E-state index contributed by atoms with van der Waals surface area (Å²) in [6, 6.07) is 4.95. The molecule has 0 aromatic heterocycles. The zero-order valence-corrected chi connectivity index (χ0v) is 12.3. The molecule has 1 saturated heterocycles. The second-order valence-corrected chi connectivity index (χ2v) is 5.99. The molecule has 0 aliphatic carbocycles. The van der Waals surface area contributed by atoms with E-state index in [1.807, 2.05) is 0 Å². The van der Waals surface area contributed by atoms with E-state index in [0.29, 0.717) is 6.54 Å². The second kappa shape index (κ2) is 6.13. The summed E-state index contributed by atoms with van der Waals surface area (Å²) in [6.45, 7) is 4.90. The van der Waals surface area contributed by atoms with Crippen molar-refractivity contribution in [2.45, 2.75) is 25.8 Å². The van der Waals surface area contributed by atoms with Crippen LogP contribution in [0.3, 0.4) is 0 Å². The van der Waals surface area contributed by atoms with E-state index in [1.54, 1.807) is 12.1 Å². The van der Waals surface area contributed by atoms with Gasteiger partial charge in [0, 0.05) is 17.1 Å². The van der Waals surface area contributed by atoms with Gasteiger partial charge >= 0.3 is 0 Å². The fraction of sp³-hybridized carbons (Fsp3) is 0.571. The van der Waals surface area contributed by atoms with Gasteiger partial charge in [-0.15, -0.1) is 0 Å². The SMILES string of the molecule is CC1CCN(C(CN)c2cc(F)ccc2Br)CC1. The normalized spacial score (nSPS) is 20.0. The second-order valence-electron chi connectivity index (χ2n) is 5.14. The van der Waals surface area contributed by atoms with Gasteiger partial charge in [0.1, 0.15) is 5.82 Å². The maximum Gasteiger partial charge on any atom is 0.123 e. The first-order valence-corrected chi connectivity index (χ1v) is 7.30. The topological polar surface area (TPSA) is 29.3 Å².